The Labute approximate surface area is 174 Å². The van der Waals surface area contributed by atoms with Crippen molar-refractivity contribution < 1.29 is 0 Å². The van der Waals surface area contributed by atoms with Gasteiger partial charge in [-0.2, -0.15) is 4.98 Å². The van der Waals surface area contributed by atoms with Crippen molar-refractivity contribution in [1.82, 2.24) is 9.97 Å². The molecule has 4 nitrogen and oxygen atoms in total. The molecule has 0 saturated carbocycles. The summed E-state index contributed by atoms with van der Waals surface area (Å²) < 4.78 is 0. The molecule has 1 heterocycles. The minimum absolute atomic E-state index is 0.286. The second-order valence-electron chi connectivity index (χ2n) is 7.63. The average molecular weight is 389 g/mol. The molecular formula is C25H32N4. The van der Waals surface area contributed by atoms with Gasteiger partial charge in [-0.25, -0.2) is 4.98 Å². The molecule has 0 aliphatic carbocycles. The highest BCUT2D eigenvalue weighted by molar-refractivity contribution is 5.46. The Morgan fingerprint density at radius 1 is 0.552 bits per heavy atom. The molecule has 0 radical (unpaired) electrons. The third kappa shape index (κ3) is 6.90. The summed E-state index contributed by atoms with van der Waals surface area (Å²) in [7, 11) is 0. The van der Waals surface area contributed by atoms with Crippen molar-refractivity contribution in [2.24, 2.45) is 0 Å². The van der Waals surface area contributed by atoms with Crippen molar-refractivity contribution in [1.29, 1.82) is 0 Å². The van der Waals surface area contributed by atoms with Crippen molar-refractivity contribution >= 4 is 11.8 Å². The fraction of sp³-hybridized carbons (Fsp3) is 0.360. The van der Waals surface area contributed by atoms with Crippen LogP contribution in [0.2, 0.25) is 0 Å². The van der Waals surface area contributed by atoms with Gasteiger partial charge in [-0.1, -0.05) is 67.1 Å². The van der Waals surface area contributed by atoms with Crippen LogP contribution in [0.3, 0.4) is 0 Å². The molecule has 3 rings (SSSR count). The minimum atomic E-state index is 0.286. The number of hydrogen-bond acceptors (Lipinski definition) is 4. The molecule has 0 amide bonds. The Morgan fingerprint density at radius 2 is 1.07 bits per heavy atom. The normalized spacial score (nSPS) is 10.9. The van der Waals surface area contributed by atoms with Crippen molar-refractivity contribution in [3.63, 3.8) is 0 Å². The van der Waals surface area contributed by atoms with Crippen LogP contribution in [0.25, 0.3) is 0 Å². The summed E-state index contributed by atoms with van der Waals surface area (Å²) in [4.78, 5) is 8.71. The maximum atomic E-state index is 6.19. The lowest BCUT2D eigenvalue weighted by Crippen LogP contribution is -2.10. The van der Waals surface area contributed by atoms with Crippen LogP contribution < -0.4 is 11.5 Å². The second-order valence-corrected chi connectivity index (χ2v) is 7.63. The Hall–Kier alpha value is -2.88. The summed E-state index contributed by atoms with van der Waals surface area (Å²) in [5.74, 6) is 0.840. The fourth-order valence-electron chi connectivity index (χ4n) is 3.77. The highest BCUT2D eigenvalue weighted by Gasteiger charge is 2.11. The van der Waals surface area contributed by atoms with Crippen molar-refractivity contribution in [2.45, 2.75) is 57.8 Å². The largest absolute Gasteiger partial charge is 0.383 e. The Balaban J connectivity index is 1.47. The maximum Gasteiger partial charge on any atom is 0.222 e. The monoisotopic (exact) mass is 388 g/mol. The molecule has 152 valence electrons. The van der Waals surface area contributed by atoms with Gasteiger partial charge >= 0.3 is 0 Å². The SMILES string of the molecule is Nc1nc(N)c(CCCCCc2ccccc2)c(CCCCc2ccccc2)n1. The van der Waals surface area contributed by atoms with E-state index in [2.05, 4.69) is 70.6 Å². The number of unbranched alkanes of at least 4 members (excludes halogenated alkanes) is 3. The quantitative estimate of drug-likeness (QED) is 0.445. The van der Waals surface area contributed by atoms with E-state index in [1.807, 2.05) is 0 Å². The number of benzene rings is 2. The molecule has 4 N–H and O–H groups in total. The van der Waals surface area contributed by atoms with Crippen LogP contribution in [0.5, 0.6) is 0 Å². The van der Waals surface area contributed by atoms with E-state index >= 15 is 0 Å². The second kappa shape index (κ2) is 11.2. The number of anilines is 2. The molecule has 0 bridgehead atoms. The first kappa shape index (κ1) is 20.8. The summed E-state index contributed by atoms with van der Waals surface area (Å²) >= 11 is 0. The average Bonchev–Trinajstić information content (AvgIpc) is 2.74. The number of nitrogens with two attached hydrogens (primary N) is 2. The summed E-state index contributed by atoms with van der Waals surface area (Å²) in [6.45, 7) is 0. The standard InChI is InChI=1S/C25H32N4/c26-24-22(18-9-3-8-16-20-12-4-1-5-13-20)23(28-25(27)29-24)19-11-10-17-21-14-6-2-7-15-21/h1-2,4-7,12-15H,3,8-11,16-19H2,(H4,26,27,28,29). The summed E-state index contributed by atoms with van der Waals surface area (Å²) in [6, 6.07) is 21.3. The molecule has 29 heavy (non-hydrogen) atoms. The van der Waals surface area contributed by atoms with Crippen molar-refractivity contribution in [3.8, 4) is 0 Å². The molecule has 2 aromatic carbocycles. The number of rotatable bonds is 11. The van der Waals surface area contributed by atoms with E-state index < -0.39 is 0 Å². The van der Waals surface area contributed by atoms with E-state index in [1.54, 1.807) is 0 Å². The highest BCUT2D eigenvalue weighted by Crippen LogP contribution is 2.21. The first-order valence-electron chi connectivity index (χ1n) is 10.7. The Morgan fingerprint density at radius 3 is 1.69 bits per heavy atom. The molecule has 1 aromatic heterocycles. The van der Waals surface area contributed by atoms with Gasteiger partial charge in [-0.05, 0) is 62.5 Å². The zero-order chi connectivity index (χ0) is 20.3. The molecular weight excluding hydrogens is 356 g/mol. The first-order valence-corrected chi connectivity index (χ1v) is 10.7. The van der Waals surface area contributed by atoms with E-state index in [0.29, 0.717) is 5.82 Å². The van der Waals surface area contributed by atoms with Gasteiger partial charge in [0.05, 0.1) is 5.69 Å². The fourth-order valence-corrected chi connectivity index (χ4v) is 3.77. The minimum Gasteiger partial charge on any atom is -0.383 e. The van der Waals surface area contributed by atoms with E-state index in [-0.39, 0.29) is 5.95 Å². The van der Waals surface area contributed by atoms with Crippen LogP contribution in [-0.4, -0.2) is 9.97 Å². The number of nitrogens with zero attached hydrogens (tertiary/aromatic N) is 2. The zero-order valence-electron chi connectivity index (χ0n) is 17.2. The van der Waals surface area contributed by atoms with Gasteiger partial charge in [-0.15, -0.1) is 0 Å². The molecule has 4 heteroatoms. The van der Waals surface area contributed by atoms with Crippen LogP contribution in [0.4, 0.5) is 11.8 Å². The van der Waals surface area contributed by atoms with Crippen LogP contribution in [-0.2, 0) is 25.7 Å². The van der Waals surface area contributed by atoms with Gasteiger partial charge in [0.2, 0.25) is 5.95 Å². The lowest BCUT2D eigenvalue weighted by atomic mass is 10.00. The highest BCUT2D eigenvalue weighted by atomic mass is 15.0. The van der Waals surface area contributed by atoms with Gasteiger partial charge in [0.25, 0.3) is 0 Å². The van der Waals surface area contributed by atoms with Crippen LogP contribution in [0, 0.1) is 0 Å². The molecule has 0 aliphatic heterocycles. The summed E-state index contributed by atoms with van der Waals surface area (Å²) in [6.07, 6.45) is 9.71. The lowest BCUT2D eigenvalue weighted by molar-refractivity contribution is 0.665. The van der Waals surface area contributed by atoms with Crippen LogP contribution >= 0.6 is 0 Å². The number of nitrogen functional groups attached to an aromatic ring is 2. The van der Waals surface area contributed by atoms with Crippen molar-refractivity contribution in [3.05, 3.63) is 83.0 Å². The maximum absolute atomic E-state index is 6.19. The molecule has 0 aliphatic rings. The third-order valence-electron chi connectivity index (χ3n) is 5.35. The van der Waals surface area contributed by atoms with Crippen LogP contribution in [0.15, 0.2) is 60.7 Å². The number of aryl methyl sites for hydroxylation is 3. The van der Waals surface area contributed by atoms with Crippen LogP contribution in [0.1, 0.15) is 54.5 Å². The van der Waals surface area contributed by atoms with E-state index in [0.717, 1.165) is 56.2 Å². The van der Waals surface area contributed by atoms with Gasteiger partial charge in [0.15, 0.2) is 0 Å². The topological polar surface area (TPSA) is 77.8 Å². The van der Waals surface area contributed by atoms with Gasteiger partial charge < -0.3 is 11.5 Å². The van der Waals surface area contributed by atoms with Crippen molar-refractivity contribution in [2.75, 3.05) is 11.5 Å². The predicted molar refractivity (Wildman–Crippen MR) is 122 cm³/mol. The Bertz CT molecular complexity index is 863. The Kier molecular flexibility index (Phi) is 8.05. The third-order valence-corrected chi connectivity index (χ3v) is 5.35. The van der Waals surface area contributed by atoms with Gasteiger partial charge in [0.1, 0.15) is 5.82 Å². The molecule has 0 atom stereocenters. The molecule has 0 unspecified atom stereocenters. The first-order chi connectivity index (χ1) is 14.2. The van der Waals surface area contributed by atoms with E-state index in [1.165, 1.54) is 24.0 Å². The number of hydrogen-bond donors (Lipinski definition) is 2. The van der Waals surface area contributed by atoms with Gasteiger partial charge in [-0.3, -0.25) is 0 Å². The molecule has 0 spiro atoms. The molecule has 3 aromatic rings. The van der Waals surface area contributed by atoms with E-state index in [4.69, 9.17) is 11.5 Å². The summed E-state index contributed by atoms with van der Waals surface area (Å²) in [5.41, 5.74) is 17.0. The van der Waals surface area contributed by atoms with E-state index in [9.17, 15) is 0 Å². The predicted octanol–water partition coefficient (Wildman–Crippen LogP) is 5.16. The molecule has 0 fully saturated rings. The molecule has 0 saturated heterocycles. The number of aromatic nitrogens is 2. The zero-order valence-corrected chi connectivity index (χ0v) is 17.2. The summed E-state index contributed by atoms with van der Waals surface area (Å²) in [5, 5.41) is 0. The smallest absolute Gasteiger partial charge is 0.222 e. The van der Waals surface area contributed by atoms with Gasteiger partial charge in [0, 0.05) is 5.56 Å². The lowest BCUT2D eigenvalue weighted by Gasteiger charge is -2.12.